The average Bonchev–Trinajstić information content (AvgIpc) is 3.08. The third-order valence-corrected chi connectivity index (χ3v) is 2.81. The summed E-state index contributed by atoms with van der Waals surface area (Å²) in [6, 6.07) is 7.37. The molecular formula is C14H9FN2O3. The summed E-state index contributed by atoms with van der Waals surface area (Å²) in [6.45, 7) is 0. The Labute approximate surface area is 112 Å². The molecule has 0 saturated carbocycles. The number of carboxylic acids is 1. The topological polar surface area (TPSA) is 68.3 Å². The normalized spacial score (nSPS) is 10.7. The summed E-state index contributed by atoms with van der Waals surface area (Å²) in [7, 11) is 0. The van der Waals surface area contributed by atoms with Crippen molar-refractivity contribution in [1.29, 1.82) is 0 Å². The van der Waals surface area contributed by atoms with E-state index >= 15 is 0 Å². The maximum atomic E-state index is 13.2. The Hall–Kier alpha value is -2.89. The highest BCUT2D eigenvalue weighted by Crippen LogP contribution is 2.24. The van der Waals surface area contributed by atoms with E-state index in [0.29, 0.717) is 11.3 Å². The van der Waals surface area contributed by atoms with Crippen LogP contribution in [-0.2, 0) is 0 Å². The smallest absolute Gasteiger partial charge is 0.339 e. The molecule has 6 heteroatoms. The summed E-state index contributed by atoms with van der Waals surface area (Å²) in [4.78, 5) is 11.3. The van der Waals surface area contributed by atoms with Crippen molar-refractivity contribution in [2.24, 2.45) is 0 Å². The first-order chi connectivity index (χ1) is 9.65. The monoisotopic (exact) mass is 272 g/mol. The highest BCUT2D eigenvalue weighted by Gasteiger charge is 2.18. The minimum absolute atomic E-state index is 0.0238. The molecule has 0 radical (unpaired) electrons. The number of aromatic carboxylic acids is 1. The predicted molar refractivity (Wildman–Crippen MR) is 68.2 cm³/mol. The van der Waals surface area contributed by atoms with Crippen LogP contribution in [0.1, 0.15) is 10.4 Å². The minimum atomic E-state index is -1.11. The molecule has 3 aromatic rings. The van der Waals surface area contributed by atoms with Crippen LogP contribution in [0.2, 0.25) is 0 Å². The van der Waals surface area contributed by atoms with Gasteiger partial charge in [-0.2, -0.15) is 5.10 Å². The number of halogens is 1. The fourth-order valence-corrected chi connectivity index (χ4v) is 1.89. The molecular weight excluding hydrogens is 263 g/mol. The van der Waals surface area contributed by atoms with Crippen LogP contribution in [0.3, 0.4) is 0 Å². The fourth-order valence-electron chi connectivity index (χ4n) is 1.89. The predicted octanol–water partition coefficient (Wildman–Crippen LogP) is 2.97. The Morgan fingerprint density at radius 3 is 2.85 bits per heavy atom. The van der Waals surface area contributed by atoms with E-state index in [9.17, 15) is 14.3 Å². The molecule has 0 aliphatic heterocycles. The Morgan fingerprint density at radius 2 is 2.20 bits per heavy atom. The van der Waals surface area contributed by atoms with Crippen molar-refractivity contribution in [3.05, 3.63) is 60.4 Å². The molecule has 0 unspecified atom stereocenters. The van der Waals surface area contributed by atoms with Gasteiger partial charge in [-0.1, -0.05) is 6.07 Å². The molecule has 3 rings (SSSR count). The summed E-state index contributed by atoms with van der Waals surface area (Å²) < 4.78 is 19.5. The molecule has 0 fully saturated rings. The molecule has 0 saturated heterocycles. The maximum Gasteiger partial charge on any atom is 0.339 e. The number of rotatable bonds is 3. The zero-order chi connectivity index (χ0) is 14.1. The van der Waals surface area contributed by atoms with Crippen LogP contribution in [0.4, 0.5) is 4.39 Å². The molecule has 0 atom stereocenters. The van der Waals surface area contributed by atoms with Crippen molar-refractivity contribution in [3.63, 3.8) is 0 Å². The first-order valence-corrected chi connectivity index (χ1v) is 5.76. The summed E-state index contributed by atoms with van der Waals surface area (Å²) in [5.41, 5.74) is 1.30. The Balaban J connectivity index is 2.15. The van der Waals surface area contributed by atoms with Crippen LogP contribution >= 0.6 is 0 Å². The van der Waals surface area contributed by atoms with E-state index in [4.69, 9.17) is 4.42 Å². The first-order valence-electron chi connectivity index (χ1n) is 5.76. The number of hydrogen-bond donors (Lipinski definition) is 1. The van der Waals surface area contributed by atoms with E-state index in [1.54, 1.807) is 12.1 Å². The van der Waals surface area contributed by atoms with Gasteiger partial charge in [0.05, 0.1) is 18.2 Å². The molecule has 1 N–H and O–H groups in total. The van der Waals surface area contributed by atoms with Gasteiger partial charge in [-0.3, -0.25) is 0 Å². The van der Waals surface area contributed by atoms with Crippen LogP contribution in [0.25, 0.3) is 16.9 Å². The van der Waals surface area contributed by atoms with E-state index in [1.807, 2.05) is 0 Å². The quantitative estimate of drug-likeness (QED) is 0.795. The van der Waals surface area contributed by atoms with Crippen molar-refractivity contribution in [2.45, 2.75) is 0 Å². The summed E-state index contributed by atoms with van der Waals surface area (Å²) in [5, 5.41) is 13.4. The number of aromatic nitrogens is 2. The van der Waals surface area contributed by atoms with Crippen molar-refractivity contribution in [3.8, 4) is 16.9 Å². The molecule has 100 valence electrons. The first kappa shape index (κ1) is 12.2. The van der Waals surface area contributed by atoms with Crippen LogP contribution in [0.15, 0.2) is 53.5 Å². The molecule has 0 aliphatic rings. The Kier molecular flexibility index (Phi) is 2.83. The Bertz CT molecular complexity index is 763. The molecule has 0 amide bonds. The van der Waals surface area contributed by atoms with E-state index in [0.717, 1.165) is 0 Å². The third-order valence-electron chi connectivity index (χ3n) is 2.81. The third kappa shape index (κ3) is 2.07. The van der Waals surface area contributed by atoms with Gasteiger partial charge in [0.15, 0.2) is 0 Å². The van der Waals surface area contributed by atoms with Crippen molar-refractivity contribution in [2.75, 3.05) is 0 Å². The van der Waals surface area contributed by atoms with Gasteiger partial charge in [-0.25, -0.2) is 13.9 Å². The highest BCUT2D eigenvalue weighted by molar-refractivity contribution is 5.94. The lowest BCUT2D eigenvalue weighted by Gasteiger charge is -2.00. The van der Waals surface area contributed by atoms with Crippen LogP contribution in [0, 0.1) is 5.82 Å². The molecule has 2 aromatic heterocycles. The summed E-state index contributed by atoms with van der Waals surface area (Å²) >= 11 is 0. The maximum absolute atomic E-state index is 13.2. The van der Waals surface area contributed by atoms with Gasteiger partial charge in [-0.05, 0) is 24.3 Å². The number of carbonyl (C=O) groups is 1. The van der Waals surface area contributed by atoms with Gasteiger partial charge in [0.1, 0.15) is 17.1 Å². The number of hydrogen-bond acceptors (Lipinski definition) is 3. The number of benzene rings is 1. The van der Waals surface area contributed by atoms with Crippen LogP contribution in [-0.4, -0.2) is 20.9 Å². The largest absolute Gasteiger partial charge is 0.478 e. The van der Waals surface area contributed by atoms with Crippen LogP contribution in [0.5, 0.6) is 0 Å². The van der Waals surface area contributed by atoms with Crippen LogP contribution < -0.4 is 0 Å². The molecule has 0 aliphatic carbocycles. The van der Waals surface area contributed by atoms with Gasteiger partial charge in [0.25, 0.3) is 0 Å². The average molecular weight is 272 g/mol. The zero-order valence-electron chi connectivity index (χ0n) is 10.2. The van der Waals surface area contributed by atoms with E-state index in [2.05, 4.69) is 5.10 Å². The SMILES string of the molecule is O=C(O)c1cn(-c2cccc(F)c2)nc1-c1ccoc1. The van der Waals surface area contributed by atoms with Gasteiger partial charge >= 0.3 is 5.97 Å². The fraction of sp³-hybridized carbons (Fsp3) is 0. The molecule has 0 spiro atoms. The summed E-state index contributed by atoms with van der Waals surface area (Å²) in [6.07, 6.45) is 4.19. The van der Waals surface area contributed by atoms with E-state index in [-0.39, 0.29) is 11.3 Å². The highest BCUT2D eigenvalue weighted by atomic mass is 19.1. The molecule has 5 nitrogen and oxygen atoms in total. The van der Waals surface area contributed by atoms with Crippen molar-refractivity contribution < 1.29 is 18.7 Å². The lowest BCUT2D eigenvalue weighted by atomic mass is 10.1. The van der Waals surface area contributed by atoms with Crippen molar-refractivity contribution in [1.82, 2.24) is 9.78 Å². The van der Waals surface area contributed by atoms with Gasteiger partial charge in [0.2, 0.25) is 0 Å². The van der Waals surface area contributed by atoms with Gasteiger partial charge in [-0.15, -0.1) is 0 Å². The number of nitrogens with zero attached hydrogens (tertiary/aromatic N) is 2. The molecule has 2 heterocycles. The van der Waals surface area contributed by atoms with Gasteiger partial charge < -0.3 is 9.52 Å². The zero-order valence-corrected chi connectivity index (χ0v) is 10.2. The van der Waals surface area contributed by atoms with Gasteiger partial charge in [0, 0.05) is 11.8 Å². The number of furan rings is 1. The second-order valence-corrected chi connectivity index (χ2v) is 4.13. The molecule has 1 aromatic carbocycles. The Morgan fingerprint density at radius 1 is 1.35 bits per heavy atom. The second-order valence-electron chi connectivity index (χ2n) is 4.13. The van der Waals surface area contributed by atoms with Crippen molar-refractivity contribution >= 4 is 5.97 Å². The lowest BCUT2D eigenvalue weighted by molar-refractivity contribution is 0.0697. The summed E-state index contributed by atoms with van der Waals surface area (Å²) in [5.74, 6) is -1.52. The van der Waals surface area contributed by atoms with E-state index < -0.39 is 11.8 Å². The van der Waals surface area contributed by atoms with E-state index in [1.165, 1.54) is 41.6 Å². The molecule has 0 bridgehead atoms. The standard InChI is InChI=1S/C14H9FN2O3/c15-10-2-1-3-11(6-10)17-7-12(14(18)19)13(16-17)9-4-5-20-8-9/h1-8H,(H,18,19). The molecule has 20 heavy (non-hydrogen) atoms. The lowest BCUT2D eigenvalue weighted by Crippen LogP contribution is -1.96. The second kappa shape index (κ2) is 4.65. The number of carboxylic acid groups (broad SMARTS) is 1. The minimum Gasteiger partial charge on any atom is -0.478 e.